The van der Waals surface area contributed by atoms with Crippen LogP contribution in [0, 0.1) is 5.92 Å². The van der Waals surface area contributed by atoms with E-state index < -0.39 is 0 Å². The average molecular weight is 207 g/mol. The summed E-state index contributed by atoms with van der Waals surface area (Å²) in [7, 11) is 1.57. The van der Waals surface area contributed by atoms with Crippen LogP contribution in [0.5, 0.6) is 11.5 Å². The van der Waals surface area contributed by atoms with Crippen LogP contribution in [0.3, 0.4) is 0 Å². The summed E-state index contributed by atoms with van der Waals surface area (Å²) in [6.07, 6.45) is 1.07. The molecule has 1 aromatic rings. The predicted molar refractivity (Wildman–Crippen MR) is 59.2 cm³/mol. The normalized spacial score (nSPS) is 25.5. The molecule has 1 aromatic carbocycles. The number of rotatable bonds is 2. The molecule has 2 atom stereocenters. The summed E-state index contributed by atoms with van der Waals surface area (Å²) in [5.41, 5.74) is 0.943. The maximum Gasteiger partial charge on any atom is 0.162 e. The summed E-state index contributed by atoms with van der Waals surface area (Å²) in [5.74, 6) is 1.49. The Labute approximate surface area is 90.1 Å². The summed E-state index contributed by atoms with van der Waals surface area (Å²) in [6, 6.07) is 5.90. The Balaban J connectivity index is 2.28. The van der Waals surface area contributed by atoms with Gasteiger partial charge in [0.2, 0.25) is 0 Å². The minimum absolute atomic E-state index is 0.259. The lowest BCUT2D eigenvalue weighted by Gasteiger charge is -2.14. The molecule has 1 aliphatic heterocycles. The molecule has 1 fully saturated rings. The molecule has 0 saturated carbocycles. The number of ether oxygens (including phenoxy) is 1. The van der Waals surface area contributed by atoms with Gasteiger partial charge in [-0.05, 0) is 24.9 Å². The van der Waals surface area contributed by atoms with Crippen molar-refractivity contribution < 1.29 is 9.84 Å². The van der Waals surface area contributed by atoms with E-state index in [2.05, 4.69) is 12.2 Å². The molecule has 15 heavy (non-hydrogen) atoms. The van der Waals surface area contributed by atoms with Crippen molar-refractivity contribution >= 4 is 0 Å². The summed E-state index contributed by atoms with van der Waals surface area (Å²) in [5, 5.41) is 13.4. The molecule has 0 radical (unpaired) electrons. The van der Waals surface area contributed by atoms with Gasteiger partial charge in [-0.1, -0.05) is 19.1 Å². The maximum absolute atomic E-state index is 9.97. The third-order valence-electron chi connectivity index (χ3n) is 2.98. The molecule has 3 nitrogen and oxygen atoms in total. The number of phenols is 1. The quantitative estimate of drug-likeness (QED) is 0.780. The fourth-order valence-corrected chi connectivity index (χ4v) is 2.13. The van der Waals surface area contributed by atoms with E-state index in [1.807, 2.05) is 12.1 Å². The fraction of sp³-hybridized carbons (Fsp3) is 0.500. The van der Waals surface area contributed by atoms with Gasteiger partial charge in [-0.15, -0.1) is 0 Å². The monoisotopic (exact) mass is 207 g/mol. The van der Waals surface area contributed by atoms with Crippen molar-refractivity contribution in [3.63, 3.8) is 0 Å². The smallest absolute Gasteiger partial charge is 0.162 e. The van der Waals surface area contributed by atoms with Crippen LogP contribution in [0.2, 0.25) is 0 Å². The highest BCUT2D eigenvalue weighted by atomic mass is 16.5. The first-order chi connectivity index (χ1) is 7.22. The van der Waals surface area contributed by atoms with Crippen LogP contribution < -0.4 is 10.1 Å². The Hall–Kier alpha value is -1.22. The molecule has 2 rings (SSSR count). The second kappa shape index (κ2) is 4.11. The van der Waals surface area contributed by atoms with E-state index in [0.717, 1.165) is 18.5 Å². The lowest BCUT2D eigenvalue weighted by molar-refractivity contribution is 0.367. The number of hydrogen-bond donors (Lipinski definition) is 2. The van der Waals surface area contributed by atoms with Gasteiger partial charge in [0.15, 0.2) is 11.5 Å². The molecule has 0 unspecified atom stereocenters. The van der Waals surface area contributed by atoms with E-state index in [-0.39, 0.29) is 11.8 Å². The van der Waals surface area contributed by atoms with Crippen LogP contribution >= 0.6 is 0 Å². The molecule has 0 amide bonds. The van der Waals surface area contributed by atoms with E-state index in [9.17, 15) is 5.11 Å². The highest BCUT2D eigenvalue weighted by Crippen LogP contribution is 2.37. The third-order valence-corrected chi connectivity index (χ3v) is 2.98. The van der Waals surface area contributed by atoms with Gasteiger partial charge in [-0.3, -0.25) is 0 Å². The molecule has 1 saturated heterocycles. The lowest BCUT2D eigenvalue weighted by atomic mass is 10.0. The summed E-state index contributed by atoms with van der Waals surface area (Å²) in [6.45, 7) is 3.23. The number of hydrogen-bond acceptors (Lipinski definition) is 3. The first kappa shape index (κ1) is 10.3. The number of aromatic hydroxyl groups is 1. The maximum atomic E-state index is 9.97. The fourth-order valence-electron chi connectivity index (χ4n) is 2.13. The largest absolute Gasteiger partial charge is 0.504 e. The van der Waals surface area contributed by atoms with Crippen molar-refractivity contribution in [2.75, 3.05) is 13.7 Å². The van der Waals surface area contributed by atoms with Crippen LogP contribution in [0.15, 0.2) is 18.2 Å². The van der Waals surface area contributed by atoms with Gasteiger partial charge in [-0.2, -0.15) is 0 Å². The second-order valence-corrected chi connectivity index (χ2v) is 4.20. The topological polar surface area (TPSA) is 41.5 Å². The SMILES string of the molecule is COc1cccc([C@@H]2C[C@@H](C)CN2)c1O. The molecule has 1 heterocycles. The van der Waals surface area contributed by atoms with Gasteiger partial charge >= 0.3 is 0 Å². The van der Waals surface area contributed by atoms with Gasteiger partial charge in [0.1, 0.15) is 0 Å². The van der Waals surface area contributed by atoms with Gasteiger partial charge in [-0.25, -0.2) is 0 Å². The van der Waals surface area contributed by atoms with Crippen molar-refractivity contribution in [2.45, 2.75) is 19.4 Å². The van der Waals surface area contributed by atoms with Crippen LogP contribution in [0.1, 0.15) is 24.9 Å². The van der Waals surface area contributed by atoms with E-state index in [0.29, 0.717) is 11.7 Å². The molecule has 0 aromatic heterocycles. The van der Waals surface area contributed by atoms with Crippen molar-refractivity contribution in [3.05, 3.63) is 23.8 Å². The van der Waals surface area contributed by atoms with Gasteiger partial charge in [0.25, 0.3) is 0 Å². The molecule has 3 heteroatoms. The number of phenolic OH excluding ortho intramolecular Hbond substituents is 1. The Bertz CT molecular complexity index is 351. The molecule has 82 valence electrons. The second-order valence-electron chi connectivity index (χ2n) is 4.20. The zero-order valence-corrected chi connectivity index (χ0v) is 9.16. The standard InChI is InChI=1S/C12H17NO2/c1-8-6-10(13-7-8)9-4-3-5-11(15-2)12(9)14/h3-5,8,10,13-14H,6-7H2,1-2H3/t8-,10+/m1/s1. The van der Waals surface area contributed by atoms with Crippen molar-refractivity contribution in [2.24, 2.45) is 5.92 Å². The Kier molecular flexibility index (Phi) is 2.82. The summed E-state index contributed by atoms with van der Waals surface area (Å²) < 4.78 is 5.09. The molecule has 0 bridgehead atoms. The van der Waals surface area contributed by atoms with Gasteiger partial charge < -0.3 is 15.2 Å². The van der Waals surface area contributed by atoms with Gasteiger partial charge in [0, 0.05) is 11.6 Å². The Morgan fingerprint density at radius 2 is 2.27 bits per heavy atom. The number of methoxy groups -OCH3 is 1. The van der Waals surface area contributed by atoms with Crippen LogP contribution in [0.4, 0.5) is 0 Å². The first-order valence-corrected chi connectivity index (χ1v) is 5.31. The Morgan fingerprint density at radius 3 is 2.87 bits per heavy atom. The predicted octanol–water partition coefficient (Wildman–Crippen LogP) is 2.07. The van der Waals surface area contributed by atoms with E-state index in [1.54, 1.807) is 13.2 Å². The minimum atomic E-state index is 0.259. The van der Waals surface area contributed by atoms with Gasteiger partial charge in [0.05, 0.1) is 7.11 Å². The zero-order chi connectivity index (χ0) is 10.8. The van der Waals surface area contributed by atoms with E-state index in [4.69, 9.17) is 4.74 Å². The molecule has 1 aliphatic rings. The number of nitrogens with one attached hydrogen (secondary N) is 1. The third kappa shape index (κ3) is 1.92. The minimum Gasteiger partial charge on any atom is -0.504 e. The highest BCUT2D eigenvalue weighted by molar-refractivity contribution is 5.47. The molecule has 2 N–H and O–H groups in total. The number of para-hydroxylation sites is 1. The van der Waals surface area contributed by atoms with Crippen LogP contribution in [-0.2, 0) is 0 Å². The highest BCUT2D eigenvalue weighted by Gasteiger charge is 2.25. The van der Waals surface area contributed by atoms with Crippen LogP contribution in [-0.4, -0.2) is 18.8 Å². The molecule has 0 spiro atoms. The van der Waals surface area contributed by atoms with Crippen LogP contribution in [0.25, 0.3) is 0 Å². The lowest BCUT2D eigenvalue weighted by Crippen LogP contribution is -2.13. The first-order valence-electron chi connectivity index (χ1n) is 5.31. The van der Waals surface area contributed by atoms with E-state index in [1.165, 1.54) is 0 Å². The average Bonchev–Trinajstić information content (AvgIpc) is 2.65. The van der Waals surface area contributed by atoms with Crippen molar-refractivity contribution in [3.8, 4) is 11.5 Å². The molecular weight excluding hydrogens is 190 g/mol. The van der Waals surface area contributed by atoms with Crippen molar-refractivity contribution in [1.82, 2.24) is 5.32 Å². The molecular formula is C12H17NO2. The number of benzene rings is 1. The zero-order valence-electron chi connectivity index (χ0n) is 9.16. The molecule has 0 aliphatic carbocycles. The summed E-state index contributed by atoms with van der Waals surface area (Å²) in [4.78, 5) is 0. The Morgan fingerprint density at radius 1 is 1.47 bits per heavy atom. The van der Waals surface area contributed by atoms with E-state index >= 15 is 0 Å². The summed E-state index contributed by atoms with van der Waals surface area (Å²) >= 11 is 0. The van der Waals surface area contributed by atoms with Crippen molar-refractivity contribution in [1.29, 1.82) is 0 Å².